The molecule has 25 heavy (non-hydrogen) atoms. The van der Waals surface area contributed by atoms with Gasteiger partial charge in [0.15, 0.2) is 0 Å². The van der Waals surface area contributed by atoms with E-state index in [2.05, 4.69) is 26.1 Å². The third kappa shape index (κ3) is 2.87. The molecule has 0 atom stereocenters. The molecule has 2 amide bonds. The van der Waals surface area contributed by atoms with Crippen molar-refractivity contribution in [1.82, 2.24) is 15.1 Å². The number of rotatable bonds is 4. The average Bonchev–Trinajstić information content (AvgIpc) is 3.19. The maximum atomic E-state index is 12.3. The molecule has 1 aliphatic heterocycles. The number of imide groups is 1. The summed E-state index contributed by atoms with van der Waals surface area (Å²) in [6, 6.07) is 14.3. The summed E-state index contributed by atoms with van der Waals surface area (Å²) in [4.78, 5) is 25.9. The second-order valence-electron chi connectivity index (χ2n) is 5.57. The fourth-order valence-corrected chi connectivity index (χ4v) is 2.98. The first-order valence-corrected chi connectivity index (χ1v) is 8.46. The summed E-state index contributed by atoms with van der Waals surface area (Å²) < 4.78 is 6.59. The van der Waals surface area contributed by atoms with Gasteiger partial charge in [0, 0.05) is 23.0 Å². The maximum absolute atomic E-state index is 12.3. The largest absolute Gasteiger partial charge is 0.421 e. The average molecular weight is 398 g/mol. The molecule has 7 heteroatoms. The Kier molecular flexibility index (Phi) is 3.93. The Morgan fingerprint density at radius 2 is 1.56 bits per heavy atom. The molecular formula is C18H12BrN3O3. The quantitative estimate of drug-likeness (QED) is 0.631. The third-order valence-electron chi connectivity index (χ3n) is 3.99. The molecule has 124 valence electrons. The fourth-order valence-electron chi connectivity index (χ4n) is 2.71. The summed E-state index contributed by atoms with van der Waals surface area (Å²) in [6.45, 7) is 0.203. The van der Waals surface area contributed by atoms with Crippen molar-refractivity contribution in [3.05, 3.63) is 70.0 Å². The molecule has 2 aromatic carbocycles. The number of carbonyl (C=O) groups excluding carboxylic acids is 2. The van der Waals surface area contributed by atoms with E-state index >= 15 is 0 Å². The number of halogens is 1. The molecule has 0 bridgehead atoms. The zero-order valence-electron chi connectivity index (χ0n) is 13.0. The van der Waals surface area contributed by atoms with E-state index in [0.29, 0.717) is 29.3 Å². The predicted octanol–water partition coefficient (Wildman–Crippen LogP) is 3.34. The molecule has 0 radical (unpaired) electrons. The van der Waals surface area contributed by atoms with Crippen LogP contribution in [0.1, 0.15) is 26.6 Å². The maximum Gasteiger partial charge on any atom is 0.261 e. The fraction of sp³-hybridized carbons (Fsp3) is 0.111. The minimum atomic E-state index is -0.284. The van der Waals surface area contributed by atoms with E-state index in [1.54, 1.807) is 24.3 Å². The van der Waals surface area contributed by atoms with Crippen molar-refractivity contribution in [3.63, 3.8) is 0 Å². The first kappa shape index (κ1) is 15.7. The monoisotopic (exact) mass is 397 g/mol. The van der Waals surface area contributed by atoms with Gasteiger partial charge in [0.05, 0.1) is 11.1 Å². The van der Waals surface area contributed by atoms with Crippen LogP contribution >= 0.6 is 15.9 Å². The lowest BCUT2D eigenvalue weighted by molar-refractivity contribution is 0.0654. The van der Waals surface area contributed by atoms with Crippen LogP contribution in [0.15, 0.2) is 57.4 Å². The van der Waals surface area contributed by atoms with Crippen LogP contribution in [0.25, 0.3) is 11.5 Å². The van der Waals surface area contributed by atoms with Gasteiger partial charge in [-0.3, -0.25) is 14.5 Å². The first-order valence-electron chi connectivity index (χ1n) is 7.67. The van der Waals surface area contributed by atoms with E-state index in [0.717, 1.165) is 10.0 Å². The lowest BCUT2D eigenvalue weighted by Gasteiger charge is -2.11. The Hall–Kier alpha value is -2.80. The van der Waals surface area contributed by atoms with Gasteiger partial charge in [-0.2, -0.15) is 0 Å². The summed E-state index contributed by atoms with van der Waals surface area (Å²) in [5.41, 5.74) is 1.69. The summed E-state index contributed by atoms with van der Waals surface area (Å²) in [7, 11) is 0. The number of benzene rings is 2. The van der Waals surface area contributed by atoms with Gasteiger partial charge in [-0.15, -0.1) is 10.2 Å². The van der Waals surface area contributed by atoms with Crippen molar-refractivity contribution in [2.45, 2.75) is 6.42 Å². The Labute approximate surface area is 151 Å². The van der Waals surface area contributed by atoms with E-state index in [9.17, 15) is 9.59 Å². The van der Waals surface area contributed by atoms with Crippen LogP contribution in [0.5, 0.6) is 0 Å². The molecule has 0 unspecified atom stereocenters. The molecule has 1 aromatic heterocycles. The first-order chi connectivity index (χ1) is 12.1. The highest BCUT2D eigenvalue weighted by Gasteiger charge is 2.34. The third-order valence-corrected chi connectivity index (χ3v) is 4.51. The molecule has 6 nitrogen and oxygen atoms in total. The van der Waals surface area contributed by atoms with Crippen LogP contribution in [-0.2, 0) is 6.42 Å². The number of hydrogen-bond acceptors (Lipinski definition) is 5. The molecule has 4 rings (SSSR count). The molecule has 2 heterocycles. The van der Waals surface area contributed by atoms with Crippen molar-refractivity contribution < 1.29 is 14.0 Å². The van der Waals surface area contributed by atoms with Crippen molar-refractivity contribution in [2.75, 3.05) is 6.54 Å². The van der Waals surface area contributed by atoms with E-state index in [-0.39, 0.29) is 18.4 Å². The summed E-state index contributed by atoms with van der Waals surface area (Å²) >= 11 is 3.37. The highest BCUT2D eigenvalue weighted by atomic mass is 79.9. The molecule has 1 aliphatic rings. The second-order valence-corrected chi connectivity index (χ2v) is 6.48. The Morgan fingerprint density at radius 3 is 2.20 bits per heavy atom. The van der Waals surface area contributed by atoms with Gasteiger partial charge in [-0.05, 0) is 36.4 Å². The Bertz CT molecular complexity index is 931. The van der Waals surface area contributed by atoms with E-state index in [1.165, 1.54) is 4.90 Å². The summed E-state index contributed by atoms with van der Waals surface area (Å²) in [5, 5.41) is 8.02. The minimum absolute atomic E-state index is 0.203. The Morgan fingerprint density at radius 1 is 0.920 bits per heavy atom. The van der Waals surface area contributed by atoms with Gasteiger partial charge < -0.3 is 4.42 Å². The van der Waals surface area contributed by atoms with E-state index in [4.69, 9.17) is 4.42 Å². The minimum Gasteiger partial charge on any atom is -0.421 e. The van der Waals surface area contributed by atoms with Crippen LogP contribution in [0.2, 0.25) is 0 Å². The number of hydrogen-bond donors (Lipinski definition) is 0. The van der Waals surface area contributed by atoms with Crippen LogP contribution in [-0.4, -0.2) is 33.5 Å². The normalized spacial score (nSPS) is 13.4. The second kappa shape index (κ2) is 6.25. The smallest absolute Gasteiger partial charge is 0.261 e. The van der Waals surface area contributed by atoms with Gasteiger partial charge in [0.25, 0.3) is 11.8 Å². The lowest BCUT2D eigenvalue weighted by atomic mass is 10.1. The van der Waals surface area contributed by atoms with Gasteiger partial charge in [-0.25, -0.2) is 0 Å². The van der Waals surface area contributed by atoms with Crippen molar-refractivity contribution >= 4 is 27.7 Å². The summed E-state index contributed by atoms with van der Waals surface area (Å²) in [6.07, 6.45) is 0.314. The molecular weight excluding hydrogens is 386 g/mol. The van der Waals surface area contributed by atoms with Gasteiger partial charge in [-0.1, -0.05) is 28.1 Å². The number of carbonyl (C=O) groups is 2. The van der Waals surface area contributed by atoms with E-state index < -0.39 is 0 Å². The molecule has 0 aliphatic carbocycles. The van der Waals surface area contributed by atoms with Crippen molar-refractivity contribution in [1.29, 1.82) is 0 Å². The van der Waals surface area contributed by atoms with E-state index in [1.807, 2.05) is 24.3 Å². The molecule has 0 N–H and O–H groups in total. The van der Waals surface area contributed by atoms with Gasteiger partial charge in [0.1, 0.15) is 0 Å². The molecule has 0 saturated heterocycles. The molecule has 3 aromatic rings. The predicted molar refractivity (Wildman–Crippen MR) is 92.9 cm³/mol. The SMILES string of the molecule is O=C1c2ccccc2C(=O)N1CCc1nnc(-c2ccc(Br)cc2)o1. The van der Waals surface area contributed by atoms with Crippen LogP contribution in [0.3, 0.4) is 0 Å². The summed E-state index contributed by atoms with van der Waals surface area (Å²) in [5.74, 6) is 0.223. The van der Waals surface area contributed by atoms with Crippen LogP contribution < -0.4 is 0 Å². The van der Waals surface area contributed by atoms with Crippen LogP contribution in [0, 0.1) is 0 Å². The zero-order chi connectivity index (χ0) is 17.4. The highest BCUT2D eigenvalue weighted by Crippen LogP contribution is 2.23. The molecule has 0 fully saturated rings. The number of aromatic nitrogens is 2. The zero-order valence-corrected chi connectivity index (χ0v) is 14.6. The number of amides is 2. The number of fused-ring (bicyclic) bond motifs is 1. The van der Waals surface area contributed by atoms with Gasteiger partial charge >= 0.3 is 0 Å². The van der Waals surface area contributed by atoms with Crippen LogP contribution in [0.4, 0.5) is 0 Å². The van der Waals surface area contributed by atoms with Crippen molar-refractivity contribution in [2.24, 2.45) is 0 Å². The van der Waals surface area contributed by atoms with Gasteiger partial charge in [0.2, 0.25) is 11.8 Å². The van der Waals surface area contributed by atoms with Crippen molar-refractivity contribution in [3.8, 4) is 11.5 Å². The molecule has 0 spiro atoms. The molecule has 0 saturated carbocycles. The number of nitrogens with zero attached hydrogens (tertiary/aromatic N) is 3. The standard InChI is InChI=1S/C18H12BrN3O3/c19-12-7-5-11(6-8-12)16-21-20-15(25-16)9-10-22-17(23)13-3-1-2-4-14(13)18(22)24/h1-8H,9-10H2. The lowest BCUT2D eigenvalue weighted by Crippen LogP contribution is -2.31. The topological polar surface area (TPSA) is 76.3 Å². The highest BCUT2D eigenvalue weighted by molar-refractivity contribution is 9.10. The Balaban J connectivity index is 1.47.